The van der Waals surface area contributed by atoms with Gasteiger partial charge in [0.2, 0.25) is 0 Å². The molecule has 0 radical (unpaired) electrons. The summed E-state index contributed by atoms with van der Waals surface area (Å²) in [6, 6.07) is 6.50. The largest absolute Gasteiger partial charge is 0.324 e. The van der Waals surface area contributed by atoms with Crippen LogP contribution in [0, 0.1) is 0 Å². The van der Waals surface area contributed by atoms with Crippen molar-refractivity contribution in [3.05, 3.63) is 29.3 Å². The Morgan fingerprint density at radius 1 is 1.00 bits per heavy atom. The molecular formula is C14H22N2. The van der Waals surface area contributed by atoms with E-state index in [-0.39, 0.29) is 10.8 Å². The summed E-state index contributed by atoms with van der Waals surface area (Å²) in [7, 11) is 0. The lowest BCUT2D eigenvalue weighted by atomic mass is 9.63. The van der Waals surface area contributed by atoms with E-state index in [9.17, 15) is 0 Å². The molecule has 1 aliphatic carbocycles. The average Bonchev–Trinajstić information content (AvgIpc) is 2.24. The molecule has 0 aliphatic heterocycles. The molecule has 16 heavy (non-hydrogen) atoms. The van der Waals surface area contributed by atoms with Gasteiger partial charge in [0.25, 0.3) is 0 Å². The zero-order valence-corrected chi connectivity index (χ0v) is 10.7. The lowest BCUT2D eigenvalue weighted by Gasteiger charge is -2.42. The fourth-order valence-electron chi connectivity index (χ4n) is 2.68. The Hall–Kier alpha value is -1.02. The maximum Gasteiger partial charge on any atom is 0.0488 e. The first kappa shape index (κ1) is 11.5. The summed E-state index contributed by atoms with van der Waals surface area (Å²) in [5.41, 5.74) is 7.22. The van der Waals surface area contributed by atoms with Crippen LogP contribution in [0.3, 0.4) is 0 Å². The molecule has 3 N–H and O–H groups in total. The second-order valence-electron chi connectivity index (χ2n) is 6.17. The molecule has 0 aromatic heterocycles. The molecular weight excluding hydrogens is 196 g/mol. The van der Waals surface area contributed by atoms with Crippen LogP contribution in [-0.4, -0.2) is 0 Å². The van der Waals surface area contributed by atoms with Crippen molar-refractivity contribution in [2.24, 2.45) is 5.84 Å². The van der Waals surface area contributed by atoms with E-state index in [1.54, 1.807) is 0 Å². The topological polar surface area (TPSA) is 38.0 Å². The van der Waals surface area contributed by atoms with Gasteiger partial charge in [-0.1, -0.05) is 33.8 Å². The Labute approximate surface area is 98.2 Å². The third kappa shape index (κ3) is 1.71. The quantitative estimate of drug-likeness (QED) is 0.560. The van der Waals surface area contributed by atoms with Gasteiger partial charge in [0.15, 0.2) is 0 Å². The first-order chi connectivity index (χ1) is 7.37. The van der Waals surface area contributed by atoms with E-state index in [0.29, 0.717) is 0 Å². The van der Waals surface area contributed by atoms with Gasteiger partial charge in [-0.2, -0.15) is 0 Å². The Morgan fingerprint density at radius 2 is 1.56 bits per heavy atom. The van der Waals surface area contributed by atoms with Crippen LogP contribution in [0.5, 0.6) is 0 Å². The second kappa shape index (κ2) is 3.49. The third-order valence-corrected chi connectivity index (χ3v) is 4.02. The first-order valence-corrected chi connectivity index (χ1v) is 5.98. The van der Waals surface area contributed by atoms with Crippen LogP contribution in [0.4, 0.5) is 5.69 Å². The standard InChI is InChI=1S/C14H22N2/c1-13(2)7-8-14(3,4)12-9-10(16-15)5-6-11(12)13/h5-6,9,16H,7-8,15H2,1-4H3. The predicted molar refractivity (Wildman–Crippen MR) is 69.5 cm³/mol. The average molecular weight is 218 g/mol. The number of hydrogen-bond acceptors (Lipinski definition) is 2. The molecule has 0 saturated carbocycles. The van der Waals surface area contributed by atoms with Crippen LogP contribution in [-0.2, 0) is 10.8 Å². The Kier molecular flexibility index (Phi) is 2.50. The maximum atomic E-state index is 5.49. The Balaban J connectivity index is 2.60. The molecule has 2 rings (SSSR count). The fraction of sp³-hybridized carbons (Fsp3) is 0.571. The van der Waals surface area contributed by atoms with Crippen molar-refractivity contribution in [1.29, 1.82) is 0 Å². The monoisotopic (exact) mass is 218 g/mol. The summed E-state index contributed by atoms with van der Waals surface area (Å²) >= 11 is 0. The molecule has 0 saturated heterocycles. The van der Waals surface area contributed by atoms with Crippen LogP contribution in [0.15, 0.2) is 18.2 Å². The number of benzene rings is 1. The van der Waals surface area contributed by atoms with Gasteiger partial charge in [-0.25, -0.2) is 0 Å². The van der Waals surface area contributed by atoms with E-state index in [0.717, 1.165) is 5.69 Å². The SMILES string of the molecule is CC1(C)CCC(C)(C)c2cc(NN)ccc21. The van der Waals surface area contributed by atoms with Crippen LogP contribution in [0.25, 0.3) is 0 Å². The molecule has 0 spiro atoms. The van der Waals surface area contributed by atoms with Crippen molar-refractivity contribution in [3.63, 3.8) is 0 Å². The number of hydrazine groups is 1. The molecule has 2 heteroatoms. The number of rotatable bonds is 1. The Morgan fingerprint density at radius 3 is 2.12 bits per heavy atom. The van der Waals surface area contributed by atoms with Gasteiger partial charge in [-0.3, -0.25) is 5.84 Å². The second-order valence-corrected chi connectivity index (χ2v) is 6.17. The number of nitrogens with two attached hydrogens (primary N) is 1. The number of fused-ring (bicyclic) bond motifs is 1. The summed E-state index contributed by atoms with van der Waals surface area (Å²) in [6.07, 6.45) is 2.49. The fourth-order valence-corrected chi connectivity index (χ4v) is 2.68. The number of nitrogen functional groups attached to an aromatic ring is 1. The van der Waals surface area contributed by atoms with Crippen LogP contribution in [0.1, 0.15) is 51.7 Å². The minimum atomic E-state index is 0.262. The highest BCUT2D eigenvalue weighted by molar-refractivity contribution is 5.53. The molecule has 1 aliphatic rings. The van der Waals surface area contributed by atoms with Crippen molar-refractivity contribution in [2.75, 3.05) is 5.43 Å². The highest BCUT2D eigenvalue weighted by Crippen LogP contribution is 2.46. The van der Waals surface area contributed by atoms with Gasteiger partial charge < -0.3 is 5.43 Å². The number of hydrogen-bond donors (Lipinski definition) is 2. The van der Waals surface area contributed by atoms with E-state index < -0.39 is 0 Å². The summed E-state index contributed by atoms with van der Waals surface area (Å²) in [5.74, 6) is 5.49. The van der Waals surface area contributed by atoms with Gasteiger partial charge >= 0.3 is 0 Å². The summed E-state index contributed by atoms with van der Waals surface area (Å²) in [6.45, 7) is 9.30. The minimum Gasteiger partial charge on any atom is -0.324 e. The summed E-state index contributed by atoms with van der Waals surface area (Å²) in [4.78, 5) is 0. The maximum absolute atomic E-state index is 5.49. The summed E-state index contributed by atoms with van der Waals surface area (Å²) in [5, 5.41) is 0. The predicted octanol–water partition coefficient (Wildman–Crippen LogP) is 3.32. The smallest absolute Gasteiger partial charge is 0.0488 e. The molecule has 0 fully saturated rings. The highest BCUT2D eigenvalue weighted by atomic mass is 15.2. The summed E-state index contributed by atoms with van der Waals surface area (Å²) < 4.78 is 0. The molecule has 2 nitrogen and oxygen atoms in total. The van der Waals surface area contributed by atoms with Crippen LogP contribution >= 0.6 is 0 Å². The van der Waals surface area contributed by atoms with Crippen molar-refractivity contribution < 1.29 is 0 Å². The van der Waals surface area contributed by atoms with Crippen molar-refractivity contribution in [2.45, 2.75) is 51.4 Å². The van der Waals surface area contributed by atoms with Crippen molar-refractivity contribution >= 4 is 5.69 Å². The molecule has 0 unspecified atom stereocenters. The normalized spacial score (nSPS) is 21.3. The Bertz CT molecular complexity index is 405. The molecule has 1 aromatic rings. The van der Waals surface area contributed by atoms with E-state index in [4.69, 9.17) is 5.84 Å². The highest BCUT2D eigenvalue weighted by Gasteiger charge is 2.36. The molecule has 0 amide bonds. The first-order valence-electron chi connectivity index (χ1n) is 5.98. The molecule has 1 aromatic carbocycles. The molecule has 0 heterocycles. The van der Waals surface area contributed by atoms with Gasteiger partial charge in [0, 0.05) is 5.69 Å². The van der Waals surface area contributed by atoms with Crippen LogP contribution < -0.4 is 11.3 Å². The third-order valence-electron chi connectivity index (χ3n) is 4.02. The zero-order valence-electron chi connectivity index (χ0n) is 10.7. The molecule has 88 valence electrons. The lowest BCUT2D eigenvalue weighted by molar-refractivity contribution is 0.332. The molecule has 0 bridgehead atoms. The zero-order chi connectivity index (χ0) is 12.0. The lowest BCUT2D eigenvalue weighted by Crippen LogP contribution is -2.33. The van der Waals surface area contributed by atoms with Crippen molar-refractivity contribution in [1.82, 2.24) is 0 Å². The van der Waals surface area contributed by atoms with Gasteiger partial charge in [-0.15, -0.1) is 0 Å². The van der Waals surface area contributed by atoms with E-state index in [1.807, 2.05) is 0 Å². The molecule has 0 atom stereocenters. The number of anilines is 1. The van der Waals surface area contributed by atoms with E-state index in [1.165, 1.54) is 24.0 Å². The minimum absolute atomic E-state index is 0.262. The van der Waals surface area contributed by atoms with Crippen LogP contribution in [0.2, 0.25) is 0 Å². The van der Waals surface area contributed by atoms with E-state index in [2.05, 4.69) is 51.3 Å². The van der Waals surface area contributed by atoms with Gasteiger partial charge in [-0.05, 0) is 46.9 Å². The van der Waals surface area contributed by atoms with Gasteiger partial charge in [0.05, 0.1) is 0 Å². The van der Waals surface area contributed by atoms with Crippen molar-refractivity contribution in [3.8, 4) is 0 Å². The number of nitrogens with one attached hydrogen (secondary N) is 1. The van der Waals surface area contributed by atoms with Gasteiger partial charge in [0.1, 0.15) is 0 Å². The van der Waals surface area contributed by atoms with E-state index >= 15 is 0 Å².